The molecule has 0 aliphatic heterocycles. The number of anilines is 2. The second kappa shape index (κ2) is 6.27. The van der Waals surface area contributed by atoms with E-state index >= 15 is 0 Å². The molecule has 0 amide bonds. The molecule has 5 heteroatoms. The summed E-state index contributed by atoms with van der Waals surface area (Å²) in [5, 5.41) is 12.1. The van der Waals surface area contributed by atoms with Gasteiger partial charge in [-0.05, 0) is 20.8 Å². The number of rotatable bonds is 6. The van der Waals surface area contributed by atoms with Crippen LogP contribution in [0.1, 0.15) is 19.5 Å². The van der Waals surface area contributed by atoms with Gasteiger partial charge in [-0.25, -0.2) is 4.98 Å². The van der Waals surface area contributed by atoms with Crippen molar-refractivity contribution < 1.29 is 5.11 Å². The quantitative estimate of drug-likeness (QED) is 0.756. The van der Waals surface area contributed by atoms with E-state index in [2.05, 4.69) is 15.3 Å². The SMILES string of the molecule is CCNc1nc(C)cc(N(CC)CCO)n1. The summed E-state index contributed by atoms with van der Waals surface area (Å²) in [6.45, 7) is 8.35. The highest BCUT2D eigenvalue weighted by molar-refractivity contribution is 5.44. The van der Waals surface area contributed by atoms with Crippen molar-refractivity contribution in [1.29, 1.82) is 0 Å². The van der Waals surface area contributed by atoms with E-state index in [0.29, 0.717) is 12.5 Å². The summed E-state index contributed by atoms with van der Waals surface area (Å²) in [6, 6.07) is 1.93. The van der Waals surface area contributed by atoms with Crippen molar-refractivity contribution in [2.75, 3.05) is 36.5 Å². The van der Waals surface area contributed by atoms with Crippen LogP contribution in [0.5, 0.6) is 0 Å². The Morgan fingerprint density at radius 2 is 2.12 bits per heavy atom. The van der Waals surface area contributed by atoms with Crippen LogP contribution < -0.4 is 10.2 Å². The predicted molar refractivity (Wildman–Crippen MR) is 65.9 cm³/mol. The molecule has 1 heterocycles. The molecule has 0 aromatic carbocycles. The Morgan fingerprint density at radius 1 is 1.38 bits per heavy atom. The zero-order valence-corrected chi connectivity index (χ0v) is 10.2. The predicted octanol–water partition coefficient (Wildman–Crippen LogP) is 1.04. The number of aromatic nitrogens is 2. The fourth-order valence-electron chi connectivity index (χ4n) is 1.51. The lowest BCUT2D eigenvalue weighted by Gasteiger charge is -2.21. The molecule has 2 N–H and O–H groups in total. The van der Waals surface area contributed by atoms with Crippen LogP contribution in [0.3, 0.4) is 0 Å². The summed E-state index contributed by atoms with van der Waals surface area (Å²) in [6.07, 6.45) is 0. The lowest BCUT2D eigenvalue weighted by Crippen LogP contribution is -2.27. The molecular formula is C11H20N4O. The zero-order valence-electron chi connectivity index (χ0n) is 10.2. The summed E-state index contributed by atoms with van der Waals surface area (Å²) in [7, 11) is 0. The molecule has 5 nitrogen and oxygen atoms in total. The molecule has 0 spiro atoms. The smallest absolute Gasteiger partial charge is 0.224 e. The normalized spacial score (nSPS) is 10.2. The molecule has 0 aliphatic carbocycles. The second-order valence-electron chi connectivity index (χ2n) is 3.52. The molecule has 1 aromatic heterocycles. The van der Waals surface area contributed by atoms with Crippen molar-refractivity contribution in [3.63, 3.8) is 0 Å². The Labute approximate surface area is 96.5 Å². The summed E-state index contributed by atoms with van der Waals surface area (Å²) in [5.41, 5.74) is 0.928. The van der Waals surface area contributed by atoms with Crippen LogP contribution in [0.15, 0.2) is 6.07 Å². The van der Waals surface area contributed by atoms with E-state index in [4.69, 9.17) is 5.11 Å². The van der Waals surface area contributed by atoms with E-state index in [0.717, 1.165) is 24.6 Å². The fourth-order valence-corrected chi connectivity index (χ4v) is 1.51. The summed E-state index contributed by atoms with van der Waals surface area (Å²) < 4.78 is 0. The van der Waals surface area contributed by atoms with E-state index in [1.165, 1.54) is 0 Å². The van der Waals surface area contributed by atoms with Crippen molar-refractivity contribution in [3.05, 3.63) is 11.8 Å². The van der Waals surface area contributed by atoms with Crippen molar-refractivity contribution in [2.45, 2.75) is 20.8 Å². The summed E-state index contributed by atoms with van der Waals surface area (Å²) in [5.74, 6) is 1.51. The number of aryl methyl sites for hydroxylation is 1. The molecule has 1 rings (SSSR count). The maximum absolute atomic E-state index is 8.97. The molecule has 0 atom stereocenters. The van der Waals surface area contributed by atoms with E-state index in [9.17, 15) is 0 Å². The number of aliphatic hydroxyl groups excluding tert-OH is 1. The highest BCUT2D eigenvalue weighted by Crippen LogP contribution is 2.14. The third kappa shape index (κ3) is 3.34. The zero-order chi connectivity index (χ0) is 12.0. The molecule has 16 heavy (non-hydrogen) atoms. The van der Waals surface area contributed by atoms with E-state index in [-0.39, 0.29) is 6.61 Å². The van der Waals surface area contributed by atoms with Gasteiger partial charge in [0.25, 0.3) is 0 Å². The maximum Gasteiger partial charge on any atom is 0.224 e. The van der Waals surface area contributed by atoms with Crippen LogP contribution in [-0.2, 0) is 0 Å². The van der Waals surface area contributed by atoms with Crippen molar-refractivity contribution in [2.24, 2.45) is 0 Å². The van der Waals surface area contributed by atoms with Gasteiger partial charge in [-0.1, -0.05) is 0 Å². The second-order valence-corrected chi connectivity index (χ2v) is 3.52. The molecule has 0 bridgehead atoms. The highest BCUT2D eigenvalue weighted by Gasteiger charge is 2.07. The molecule has 0 aliphatic rings. The topological polar surface area (TPSA) is 61.3 Å². The molecule has 0 saturated carbocycles. The van der Waals surface area contributed by atoms with Crippen LogP contribution in [0.2, 0.25) is 0 Å². The van der Waals surface area contributed by atoms with Gasteiger partial charge in [0, 0.05) is 31.4 Å². The standard InChI is InChI=1S/C11H20N4O/c1-4-12-11-13-9(3)8-10(14-11)15(5-2)6-7-16/h8,16H,4-7H2,1-3H3,(H,12,13,14). The first-order chi connectivity index (χ1) is 7.71. The largest absolute Gasteiger partial charge is 0.395 e. The first kappa shape index (κ1) is 12.7. The minimum absolute atomic E-state index is 0.132. The number of nitrogens with zero attached hydrogens (tertiary/aromatic N) is 3. The van der Waals surface area contributed by atoms with Crippen molar-refractivity contribution in [1.82, 2.24) is 9.97 Å². The van der Waals surface area contributed by atoms with Gasteiger partial charge in [0.15, 0.2) is 0 Å². The summed E-state index contributed by atoms with van der Waals surface area (Å²) >= 11 is 0. The average molecular weight is 224 g/mol. The minimum atomic E-state index is 0.132. The minimum Gasteiger partial charge on any atom is -0.395 e. The Balaban J connectivity index is 2.92. The van der Waals surface area contributed by atoms with Crippen LogP contribution in [0.25, 0.3) is 0 Å². The molecule has 0 saturated heterocycles. The first-order valence-corrected chi connectivity index (χ1v) is 5.66. The number of aliphatic hydroxyl groups is 1. The lowest BCUT2D eigenvalue weighted by atomic mass is 10.4. The Morgan fingerprint density at radius 3 is 2.69 bits per heavy atom. The highest BCUT2D eigenvalue weighted by atomic mass is 16.3. The van der Waals surface area contributed by atoms with Crippen LogP contribution >= 0.6 is 0 Å². The van der Waals surface area contributed by atoms with Gasteiger partial charge < -0.3 is 15.3 Å². The van der Waals surface area contributed by atoms with Gasteiger partial charge in [0.2, 0.25) is 5.95 Å². The first-order valence-electron chi connectivity index (χ1n) is 5.66. The Bertz CT molecular complexity index is 330. The number of hydrogen-bond acceptors (Lipinski definition) is 5. The van der Waals surface area contributed by atoms with Gasteiger partial charge >= 0.3 is 0 Å². The molecule has 90 valence electrons. The Hall–Kier alpha value is -1.36. The van der Waals surface area contributed by atoms with Gasteiger partial charge in [-0.3, -0.25) is 0 Å². The van der Waals surface area contributed by atoms with Crippen LogP contribution in [-0.4, -0.2) is 41.3 Å². The van der Waals surface area contributed by atoms with Crippen molar-refractivity contribution >= 4 is 11.8 Å². The number of nitrogens with one attached hydrogen (secondary N) is 1. The molecule has 0 unspecified atom stereocenters. The molecule has 0 fully saturated rings. The lowest BCUT2D eigenvalue weighted by molar-refractivity contribution is 0.302. The van der Waals surface area contributed by atoms with E-state index in [1.807, 2.05) is 31.7 Å². The number of likely N-dealkylation sites (N-methyl/N-ethyl adjacent to an activating group) is 1. The van der Waals surface area contributed by atoms with E-state index < -0.39 is 0 Å². The van der Waals surface area contributed by atoms with Gasteiger partial charge in [0.05, 0.1) is 6.61 Å². The van der Waals surface area contributed by atoms with Crippen molar-refractivity contribution in [3.8, 4) is 0 Å². The fraction of sp³-hybridized carbons (Fsp3) is 0.636. The monoisotopic (exact) mass is 224 g/mol. The van der Waals surface area contributed by atoms with Gasteiger partial charge in [-0.2, -0.15) is 4.98 Å². The Kier molecular flexibility index (Phi) is 4.98. The van der Waals surface area contributed by atoms with Gasteiger partial charge in [-0.15, -0.1) is 0 Å². The van der Waals surface area contributed by atoms with Crippen LogP contribution in [0, 0.1) is 6.92 Å². The van der Waals surface area contributed by atoms with Crippen LogP contribution in [0.4, 0.5) is 11.8 Å². The number of hydrogen-bond donors (Lipinski definition) is 2. The summed E-state index contributed by atoms with van der Waals surface area (Å²) in [4.78, 5) is 10.7. The third-order valence-corrected chi connectivity index (χ3v) is 2.25. The molecule has 1 aromatic rings. The average Bonchev–Trinajstić information content (AvgIpc) is 2.25. The van der Waals surface area contributed by atoms with E-state index in [1.54, 1.807) is 0 Å². The molecule has 0 radical (unpaired) electrons. The third-order valence-electron chi connectivity index (χ3n) is 2.25. The van der Waals surface area contributed by atoms with Gasteiger partial charge in [0.1, 0.15) is 5.82 Å². The maximum atomic E-state index is 8.97. The molecular weight excluding hydrogens is 204 g/mol.